The van der Waals surface area contributed by atoms with Crippen molar-refractivity contribution in [2.45, 2.75) is 25.3 Å². The summed E-state index contributed by atoms with van der Waals surface area (Å²) in [5.74, 6) is -0.355. The molecule has 0 aliphatic heterocycles. The molecule has 7 heteroatoms. The van der Waals surface area contributed by atoms with E-state index in [1.807, 2.05) is 26.0 Å². The number of anilines is 1. The highest BCUT2D eigenvalue weighted by molar-refractivity contribution is 7.92. The van der Waals surface area contributed by atoms with Gasteiger partial charge in [-0.25, -0.2) is 8.42 Å². The van der Waals surface area contributed by atoms with E-state index in [4.69, 9.17) is 0 Å². The predicted molar refractivity (Wildman–Crippen MR) is 109 cm³/mol. The van der Waals surface area contributed by atoms with Crippen molar-refractivity contribution in [3.8, 4) is 0 Å². The lowest BCUT2D eigenvalue weighted by molar-refractivity contribution is 0.0950. The summed E-state index contributed by atoms with van der Waals surface area (Å²) >= 11 is 0. The molecule has 3 aromatic rings. The lowest BCUT2D eigenvalue weighted by Crippen LogP contribution is -2.23. The van der Waals surface area contributed by atoms with Crippen LogP contribution in [0.4, 0.5) is 5.69 Å². The Morgan fingerprint density at radius 2 is 1.82 bits per heavy atom. The molecule has 0 unspecified atom stereocenters. The van der Waals surface area contributed by atoms with Crippen molar-refractivity contribution in [3.63, 3.8) is 0 Å². The topological polar surface area (TPSA) is 88.2 Å². The van der Waals surface area contributed by atoms with E-state index < -0.39 is 10.0 Å². The maximum atomic E-state index is 12.7. The first-order valence-electron chi connectivity index (χ1n) is 8.72. The molecule has 0 aliphatic rings. The van der Waals surface area contributed by atoms with Crippen LogP contribution in [-0.2, 0) is 16.6 Å². The minimum Gasteiger partial charge on any atom is -0.348 e. The first-order valence-corrected chi connectivity index (χ1v) is 10.2. The van der Waals surface area contributed by atoms with Crippen LogP contribution in [-0.4, -0.2) is 19.3 Å². The third-order valence-electron chi connectivity index (χ3n) is 4.34. The molecule has 0 radical (unpaired) electrons. The molecule has 28 heavy (non-hydrogen) atoms. The summed E-state index contributed by atoms with van der Waals surface area (Å²) in [4.78, 5) is 16.4. The van der Waals surface area contributed by atoms with Crippen LogP contribution in [0.1, 0.15) is 27.0 Å². The summed E-state index contributed by atoms with van der Waals surface area (Å²) in [6, 6.07) is 14.9. The smallest absolute Gasteiger partial charge is 0.261 e. The Balaban J connectivity index is 1.75. The van der Waals surface area contributed by atoms with E-state index in [0.29, 0.717) is 12.2 Å². The number of pyridine rings is 1. The number of hydrogen-bond acceptors (Lipinski definition) is 4. The first kappa shape index (κ1) is 19.6. The van der Waals surface area contributed by atoms with Crippen LogP contribution in [0.5, 0.6) is 0 Å². The summed E-state index contributed by atoms with van der Waals surface area (Å²) in [5.41, 5.74) is 3.68. The van der Waals surface area contributed by atoms with Crippen LogP contribution >= 0.6 is 0 Å². The van der Waals surface area contributed by atoms with Gasteiger partial charge in [-0.2, -0.15) is 0 Å². The minimum atomic E-state index is -3.81. The highest BCUT2D eigenvalue weighted by Gasteiger charge is 2.17. The van der Waals surface area contributed by atoms with Gasteiger partial charge >= 0.3 is 0 Å². The highest BCUT2D eigenvalue weighted by Crippen LogP contribution is 2.20. The van der Waals surface area contributed by atoms with Crippen molar-refractivity contribution in [3.05, 3.63) is 89.2 Å². The number of sulfonamides is 1. The van der Waals surface area contributed by atoms with Crippen LogP contribution in [0.25, 0.3) is 0 Å². The second-order valence-corrected chi connectivity index (χ2v) is 8.16. The van der Waals surface area contributed by atoms with Crippen LogP contribution in [0.2, 0.25) is 0 Å². The first-order chi connectivity index (χ1) is 13.3. The van der Waals surface area contributed by atoms with Gasteiger partial charge in [-0.15, -0.1) is 0 Å². The number of amides is 1. The molecule has 1 amide bonds. The van der Waals surface area contributed by atoms with Crippen molar-refractivity contribution >= 4 is 21.6 Å². The molecule has 3 rings (SSSR count). The van der Waals surface area contributed by atoms with E-state index in [1.54, 1.807) is 42.7 Å². The summed E-state index contributed by atoms with van der Waals surface area (Å²) < 4.78 is 28.0. The van der Waals surface area contributed by atoms with Crippen LogP contribution < -0.4 is 10.0 Å². The van der Waals surface area contributed by atoms with Gasteiger partial charge in [0.15, 0.2) is 0 Å². The fourth-order valence-electron chi connectivity index (χ4n) is 2.61. The van der Waals surface area contributed by atoms with E-state index in [1.165, 1.54) is 12.1 Å². The molecular formula is C21H21N3O3S. The van der Waals surface area contributed by atoms with E-state index >= 15 is 0 Å². The SMILES string of the molecule is Cc1ccc(NS(=O)(=O)c2cccc(C(=O)NCc3cccnc3)c2)cc1C. The van der Waals surface area contributed by atoms with E-state index in [0.717, 1.165) is 16.7 Å². The maximum absolute atomic E-state index is 12.7. The molecule has 0 spiro atoms. The van der Waals surface area contributed by atoms with Crippen LogP contribution in [0.15, 0.2) is 71.9 Å². The Bertz CT molecular complexity index is 1100. The quantitative estimate of drug-likeness (QED) is 0.669. The average Bonchev–Trinajstić information content (AvgIpc) is 2.69. The van der Waals surface area contributed by atoms with Gasteiger partial charge in [0.05, 0.1) is 4.90 Å². The fourth-order valence-corrected chi connectivity index (χ4v) is 3.71. The van der Waals surface area contributed by atoms with Crippen molar-refractivity contribution < 1.29 is 13.2 Å². The lowest BCUT2D eigenvalue weighted by Gasteiger charge is -2.11. The summed E-state index contributed by atoms with van der Waals surface area (Å²) in [6.45, 7) is 4.19. The monoisotopic (exact) mass is 395 g/mol. The van der Waals surface area contributed by atoms with Gasteiger partial charge in [0.1, 0.15) is 0 Å². The molecule has 0 bridgehead atoms. The molecule has 0 fully saturated rings. The zero-order chi connectivity index (χ0) is 20.1. The molecule has 144 valence electrons. The molecular weight excluding hydrogens is 374 g/mol. The Morgan fingerprint density at radius 1 is 1.00 bits per heavy atom. The standard InChI is InChI=1S/C21H21N3O3S/c1-15-8-9-19(11-16(15)2)24-28(26,27)20-7-3-6-18(12-20)21(25)23-14-17-5-4-10-22-13-17/h3-13,24H,14H2,1-2H3,(H,23,25). The van der Waals surface area contributed by atoms with Crippen molar-refractivity contribution in [1.82, 2.24) is 10.3 Å². The van der Waals surface area contributed by atoms with Gasteiger partial charge < -0.3 is 5.32 Å². The van der Waals surface area contributed by atoms with Crippen LogP contribution in [0.3, 0.4) is 0 Å². The number of carbonyl (C=O) groups is 1. The number of aryl methyl sites for hydroxylation is 2. The number of aromatic nitrogens is 1. The van der Waals surface area contributed by atoms with Crippen molar-refractivity contribution in [2.24, 2.45) is 0 Å². The molecule has 6 nitrogen and oxygen atoms in total. The largest absolute Gasteiger partial charge is 0.348 e. The second-order valence-electron chi connectivity index (χ2n) is 6.48. The van der Waals surface area contributed by atoms with Gasteiger partial charge in [-0.1, -0.05) is 18.2 Å². The summed E-state index contributed by atoms with van der Waals surface area (Å²) in [7, 11) is -3.81. The lowest BCUT2D eigenvalue weighted by atomic mass is 10.1. The van der Waals surface area contributed by atoms with E-state index in [-0.39, 0.29) is 16.4 Å². The summed E-state index contributed by atoms with van der Waals surface area (Å²) in [5, 5.41) is 2.76. The molecule has 1 heterocycles. The molecule has 0 atom stereocenters. The van der Waals surface area contributed by atoms with Gasteiger partial charge in [0, 0.05) is 30.2 Å². The molecule has 1 aromatic heterocycles. The Hall–Kier alpha value is -3.19. The minimum absolute atomic E-state index is 0.0276. The zero-order valence-electron chi connectivity index (χ0n) is 15.6. The highest BCUT2D eigenvalue weighted by atomic mass is 32.2. The Labute approximate surface area is 164 Å². The average molecular weight is 395 g/mol. The number of nitrogens with one attached hydrogen (secondary N) is 2. The number of rotatable bonds is 6. The van der Waals surface area contributed by atoms with Gasteiger partial charge in [0.25, 0.3) is 15.9 Å². The van der Waals surface area contributed by atoms with E-state index in [9.17, 15) is 13.2 Å². The van der Waals surface area contributed by atoms with E-state index in [2.05, 4.69) is 15.0 Å². The maximum Gasteiger partial charge on any atom is 0.261 e. The van der Waals surface area contributed by atoms with Crippen molar-refractivity contribution in [2.75, 3.05) is 4.72 Å². The molecule has 0 aliphatic carbocycles. The van der Waals surface area contributed by atoms with Crippen LogP contribution in [0, 0.1) is 13.8 Å². The molecule has 0 saturated heterocycles. The Kier molecular flexibility index (Phi) is 5.75. The number of carbonyl (C=O) groups excluding carboxylic acids is 1. The number of benzene rings is 2. The molecule has 2 N–H and O–H groups in total. The molecule has 2 aromatic carbocycles. The zero-order valence-corrected chi connectivity index (χ0v) is 16.5. The van der Waals surface area contributed by atoms with Gasteiger partial charge in [0.2, 0.25) is 0 Å². The number of nitrogens with zero attached hydrogens (tertiary/aromatic N) is 1. The number of hydrogen-bond donors (Lipinski definition) is 2. The van der Waals surface area contributed by atoms with Gasteiger partial charge in [-0.05, 0) is 66.9 Å². The van der Waals surface area contributed by atoms with Gasteiger partial charge in [-0.3, -0.25) is 14.5 Å². The third-order valence-corrected chi connectivity index (χ3v) is 5.72. The Morgan fingerprint density at radius 3 is 2.54 bits per heavy atom. The van der Waals surface area contributed by atoms with Crippen molar-refractivity contribution in [1.29, 1.82) is 0 Å². The second kappa shape index (κ2) is 8.22. The summed E-state index contributed by atoms with van der Waals surface area (Å²) in [6.07, 6.45) is 3.32. The fraction of sp³-hybridized carbons (Fsp3) is 0.143. The predicted octanol–water partition coefficient (Wildman–Crippen LogP) is 3.43. The third kappa shape index (κ3) is 4.75. The molecule has 0 saturated carbocycles. The normalized spacial score (nSPS) is 11.1.